The Labute approximate surface area is 291 Å². The molecule has 1 saturated carbocycles. The molecule has 0 spiro atoms. The summed E-state index contributed by atoms with van der Waals surface area (Å²) >= 11 is 6.50. The van der Waals surface area contributed by atoms with Crippen molar-refractivity contribution in [3.05, 3.63) is 29.3 Å². The number of esters is 1. The number of pyridine rings is 1. The summed E-state index contributed by atoms with van der Waals surface area (Å²) in [5.74, 6) is -1.06. The number of hydrogen-bond donors (Lipinski definition) is 2. The van der Waals surface area contributed by atoms with E-state index in [9.17, 15) is 19.2 Å². The number of ether oxygens (including phenoxy) is 5. The number of carbonyl (C=O) groups is 4. The molecule has 268 valence electrons. The molecular formula is C35H47ClN4O9. The first-order valence-corrected chi connectivity index (χ1v) is 17.3. The van der Waals surface area contributed by atoms with Crippen LogP contribution in [-0.4, -0.2) is 96.6 Å². The fourth-order valence-electron chi connectivity index (χ4n) is 6.84. The molecule has 2 aliphatic heterocycles. The van der Waals surface area contributed by atoms with Gasteiger partial charge in [0, 0.05) is 31.1 Å². The molecule has 13 nitrogen and oxygen atoms in total. The van der Waals surface area contributed by atoms with Crippen molar-refractivity contribution in [3.8, 4) is 11.6 Å². The predicted octanol–water partition coefficient (Wildman–Crippen LogP) is 4.41. The molecule has 5 rings (SSSR count). The van der Waals surface area contributed by atoms with Crippen LogP contribution in [0.2, 0.25) is 5.02 Å². The minimum atomic E-state index is -1.16. The zero-order valence-electron chi connectivity index (χ0n) is 29.0. The number of carbonyl (C=O) groups excluding carboxylic acids is 4. The molecule has 3 amide bonds. The van der Waals surface area contributed by atoms with Crippen LogP contribution in [0.3, 0.4) is 0 Å². The van der Waals surface area contributed by atoms with Crippen LogP contribution in [0.25, 0.3) is 10.9 Å². The van der Waals surface area contributed by atoms with Crippen LogP contribution < -0.4 is 20.1 Å². The Morgan fingerprint density at radius 2 is 1.90 bits per heavy atom. The van der Waals surface area contributed by atoms with Crippen LogP contribution in [0.1, 0.15) is 66.7 Å². The second kappa shape index (κ2) is 15.0. The predicted molar refractivity (Wildman–Crippen MR) is 180 cm³/mol. The number of alkyl carbamates (subject to hydrolysis) is 1. The number of nitrogens with one attached hydrogen (secondary N) is 2. The number of likely N-dealkylation sites (tertiary alicyclic amines) is 1. The maximum absolute atomic E-state index is 14.6. The third-order valence-corrected chi connectivity index (χ3v) is 9.64. The van der Waals surface area contributed by atoms with Gasteiger partial charge in [0.05, 0.1) is 30.8 Å². The molecule has 2 N–H and O–H groups in total. The van der Waals surface area contributed by atoms with E-state index in [2.05, 4.69) is 15.6 Å². The Balaban J connectivity index is 1.48. The summed E-state index contributed by atoms with van der Waals surface area (Å²) in [6.45, 7) is 10.3. The van der Waals surface area contributed by atoms with Crippen LogP contribution in [0.15, 0.2) is 24.3 Å². The highest BCUT2D eigenvalue weighted by molar-refractivity contribution is 6.35. The molecule has 3 fully saturated rings. The second-order valence-electron chi connectivity index (χ2n) is 13.8. The quantitative estimate of drug-likeness (QED) is 0.322. The Kier molecular flexibility index (Phi) is 11.1. The van der Waals surface area contributed by atoms with Gasteiger partial charge in [-0.05, 0) is 70.9 Å². The Morgan fingerprint density at radius 3 is 2.53 bits per heavy atom. The van der Waals surface area contributed by atoms with Crippen molar-refractivity contribution in [2.24, 2.45) is 11.8 Å². The standard InChI is InChI=1S/C35H47ClN4O9/c1-7-21-18-35(21,32(43)45-6)39-30(41)25-16-22(48-26-17-27(47-8-2)37-29-23(26)10-9-11-24(29)36)19-40(25)31(42)28(20-12-14-46-15-13-20)38-33(44)49-34(3,4)5/h9-11,17,20-22,25,28H,7-8,12-16,18-19H2,1-6H3,(H,38,44)(H,39,41)/t21-,22-,25+,28+,35-/m1/s1. The average molecular weight is 703 g/mol. The number of para-hydroxylation sites is 1. The van der Waals surface area contributed by atoms with E-state index in [0.717, 1.165) is 0 Å². The van der Waals surface area contributed by atoms with Crippen molar-refractivity contribution in [2.75, 3.05) is 33.5 Å². The van der Waals surface area contributed by atoms with E-state index in [1.165, 1.54) is 12.0 Å². The number of hydrogen-bond acceptors (Lipinski definition) is 10. The molecule has 2 aromatic rings. The van der Waals surface area contributed by atoms with Gasteiger partial charge in [0.1, 0.15) is 35.1 Å². The lowest BCUT2D eigenvalue weighted by molar-refractivity contribution is -0.148. The number of amides is 3. The van der Waals surface area contributed by atoms with Gasteiger partial charge in [-0.1, -0.05) is 31.0 Å². The fraction of sp³-hybridized carbons (Fsp3) is 0.629. The molecule has 3 heterocycles. The van der Waals surface area contributed by atoms with Crippen molar-refractivity contribution in [1.82, 2.24) is 20.5 Å². The number of benzene rings is 1. The molecule has 1 aliphatic carbocycles. The van der Waals surface area contributed by atoms with Crippen molar-refractivity contribution in [2.45, 2.75) is 96.1 Å². The normalized spacial score (nSPS) is 24.6. The summed E-state index contributed by atoms with van der Waals surface area (Å²) in [5, 5.41) is 6.80. The largest absolute Gasteiger partial charge is 0.488 e. The van der Waals surface area contributed by atoms with E-state index in [-0.39, 0.29) is 24.8 Å². The van der Waals surface area contributed by atoms with Gasteiger partial charge in [0.2, 0.25) is 17.7 Å². The van der Waals surface area contributed by atoms with Gasteiger partial charge < -0.3 is 39.2 Å². The van der Waals surface area contributed by atoms with Crippen molar-refractivity contribution in [1.29, 1.82) is 0 Å². The Hall–Kier alpha value is -3.84. The summed E-state index contributed by atoms with van der Waals surface area (Å²) < 4.78 is 28.4. The highest BCUT2D eigenvalue weighted by atomic mass is 35.5. The van der Waals surface area contributed by atoms with Crippen molar-refractivity contribution in [3.63, 3.8) is 0 Å². The first-order chi connectivity index (χ1) is 23.3. The van der Waals surface area contributed by atoms with Crippen molar-refractivity contribution >= 4 is 46.4 Å². The SMILES string of the molecule is CCOc1cc(O[C@@H]2C[C@@H](C(=O)N[C@]3(C(=O)OC)C[C@H]3CC)N(C(=O)[C@@H](NC(=O)OC(C)(C)C)C3CCOCC3)C2)c2cccc(Cl)c2n1. The number of rotatable bonds is 11. The number of halogens is 1. The van der Waals surface area contributed by atoms with Gasteiger partial charge >= 0.3 is 12.1 Å². The van der Waals surface area contributed by atoms with Gasteiger partial charge in [-0.25, -0.2) is 14.6 Å². The van der Waals surface area contributed by atoms with Crippen LogP contribution in [0.5, 0.6) is 11.6 Å². The fourth-order valence-corrected chi connectivity index (χ4v) is 7.06. The van der Waals surface area contributed by atoms with Crippen LogP contribution >= 0.6 is 11.6 Å². The molecule has 5 atom stereocenters. The van der Waals surface area contributed by atoms with Gasteiger partial charge in [-0.15, -0.1) is 0 Å². The third-order valence-electron chi connectivity index (χ3n) is 9.33. The van der Waals surface area contributed by atoms with Gasteiger partial charge in [0.25, 0.3) is 0 Å². The monoisotopic (exact) mass is 702 g/mol. The lowest BCUT2D eigenvalue weighted by Gasteiger charge is -2.35. The smallest absolute Gasteiger partial charge is 0.408 e. The third kappa shape index (κ3) is 8.15. The zero-order valence-corrected chi connectivity index (χ0v) is 29.8. The molecule has 1 aromatic heterocycles. The maximum Gasteiger partial charge on any atom is 0.408 e. The van der Waals surface area contributed by atoms with E-state index in [0.29, 0.717) is 73.1 Å². The molecule has 3 aliphatic rings. The van der Waals surface area contributed by atoms with Gasteiger partial charge in [-0.2, -0.15) is 0 Å². The van der Waals surface area contributed by atoms with Crippen LogP contribution in [0, 0.1) is 11.8 Å². The summed E-state index contributed by atoms with van der Waals surface area (Å²) in [5.41, 5.74) is -1.46. The Bertz CT molecular complexity index is 1560. The maximum atomic E-state index is 14.6. The van der Waals surface area contributed by atoms with Crippen molar-refractivity contribution < 1.29 is 42.9 Å². The first-order valence-electron chi connectivity index (χ1n) is 17.0. The number of nitrogens with zero attached hydrogens (tertiary/aromatic N) is 2. The molecule has 0 radical (unpaired) electrons. The molecular weight excluding hydrogens is 656 g/mol. The average Bonchev–Trinajstić information content (AvgIpc) is 3.61. The lowest BCUT2D eigenvalue weighted by Crippen LogP contribution is -2.58. The summed E-state index contributed by atoms with van der Waals surface area (Å²) in [4.78, 5) is 60.6. The topological polar surface area (TPSA) is 155 Å². The second-order valence-corrected chi connectivity index (χ2v) is 14.3. The number of fused-ring (bicyclic) bond motifs is 1. The van der Waals surface area contributed by atoms with E-state index in [4.69, 9.17) is 35.3 Å². The van der Waals surface area contributed by atoms with E-state index in [1.54, 1.807) is 39.0 Å². The number of methoxy groups -OCH3 is 1. The minimum Gasteiger partial charge on any atom is -0.488 e. The Morgan fingerprint density at radius 1 is 1.16 bits per heavy atom. The molecule has 49 heavy (non-hydrogen) atoms. The van der Waals surface area contributed by atoms with Crippen LogP contribution in [-0.2, 0) is 28.6 Å². The van der Waals surface area contributed by atoms with E-state index >= 15 is 0 Å². The molecule has 14 heteroatoms. The molecule has 0 unspecified atom stereocenters. The highest BCUT2D eigenvalue weighted by Crippen LogP contribution is 2.47. The molecule has 0 bridgehead atoms. The highest BCUT2D eigenvalue weighted by Gasteiger charge is 2.62. The summed E-state index contributed by atoms with van der Waals surface area (Å²) in [7, 11) is 1.29. The first kappa shape index (κ1) is 36.4. The van der Waals surface area contributed by atoms with E-state index < -0.39 is 53.2 Å². The lowest BCUT2D eigenvalue weighted by atomic mass is 9.90. The molecule has 2 saturated heterocycles. The summed E-state index contributed by atoms with van der Waals surface area (Å²) in [6.07, 6.45) is 0.909. The van der Waals surface area contributed by atoms with E-state index in [1.807, 2.05) is 19.9 Å². The summed E-state index contributed by atoms with van der Waals surface area (Å²) in [6, 6.07) is 5.00. The minimum absolute atomic E-state index is 0.0312. The zero-order chi connectivity index (χ0) is 35.5. The van der Waals surface area contributed by atoms with Gasteiger partial charge in [-0.3, -0.25) is 9.59 Å². The molecule has 1 aromatic carbocycles. The van der Waals surface area contributed by atoms with Crippen LogP contribution in [0.4, 0.5) is 4.79 Å². The van der Waals surface area contributed by atoms with Gasteiger partial charge in [0.15, 0.2) is 0 Å². The number of aromatic nitrogens is 1.